The van der Waals surface area contributed by atoms with Gasteiger partial charge in [-0.2, -0.15) is 0 Å². The minimum Gasteiger partial charge on any atom is -0.393 e. The van der Waals surface area contributed by atoms with Crippen LogP contribution in [-0.2, 0) is 10.0 Å². The third-order valence-electron chi connectivity index (χ3n) is 2.19. The number of rotatable bonds is 5. The minimum absolute atomic E-state index is 0.220. The maximum Gasteiger partial charge on any atom is 0.240 e. The van der Waals surface area contributed by atoms with E-state index in [9.17, 15) is 17.9 Å². The van der Waals surface area contributed by atoms with Gasteiger partial charge in [0, 0.05) is 6.54 Å². The topological polar surface area (TPSA) is 86.6 Å². The molecule has 0 fully saturated rings. The molecule has 0 aliphatic heterocycles. The minimum atomic E-state index is -3.92. The number of nitrogens with one attached hydrogen (secondary N) is 1. The molecule has 0 saturated heterocycles. The summed E-state index contributed by atoms with van der Waals surface area (Å²) in [6.45, 7) is 0.299. The van der Waals surface area contributed by atoms with Gasteiger partial charge in [0.2, 0.25) is 10.0 Å². The fraction of sp³-hybridized carbons (Fsp3) is 0.400. The molecule has 0 aromatic heterocycles. The van der Waals surface area contributed by atoms with Crippen LogP contribution >= 0.6 is 11.6 Å². The molecule has 1 aromatic rings. The Morgan fingerprint density at radius 3 is 2.61 bits per heavy atom. The molecule has 1 aromatic carbocycles. The van der Waals surface area contributed by atoms with E-state index in [1.54, 1.807) is 0 Å². The van der Waals surface area contributed by atoms with Crippen LogP contribution in [0.5, 0.6) is 0 Å². The molecule has 0 aliphatic carbocycles. The van der Waals surface area contributed by atoms with Crippen molar-refractivity contribution in [2.75, 3.05) is 13.2 Å². The summed E-state index contributed by atoms with van der Waals surface area (Å²) in [7, 11) is -3.92. The van der Waals surface area contributed by atoms with Gasteiger partial charge in [0.05, 0.1) is 22.1 Å². The molecule has 0 saturated carbocycles. The first kappa shape index (κ1) is 15.3. The Labute approximate surface area is 109 Å². The lowest BCUT2D eigenvalue weighted by Crippen LogP contribution is -2.43. The molecule has 0 aliphatic rings. The summed E-state index contributed by atoms with van der Waals surface area (Å²) in [5.74, 6) is -0.724. The number of hydrogen-bond donors (Lipinski definition) is 3. The number of halogens is 2. The monoisotopic (exact) mass is 297 g/mol. The van der Waals surface area contributed by atoms with Crippen molar-refractivity contribution < 1.29 is 23.0 Å². The van der Waals surface area contributed by atoms with Crippen molar-refractivity contribution in [1.29, 1.82) is 0 Å². The Kier molecular flexibility index (Phi) is 4.68. The SMILES string of the molecule is CC(O)(CO)CNS(=O)(=O)c1ccc(F)c(Cl)c1. The third-order valence-corrected chi connectivity index (χ3v) is 3.87. The summed E-state index contributed by atoms with van der Waals surface area (Å²) in [6.07, 6.45) is 0. The van der Waals surface area contributed by atoms with Crippen LogP contribution in [0.4, 0.5) is 4.39 Å². The predicted molar refractivity (Wildman–Crippen MR) is 64.3 cm³/mol. The molecule has 1 rings (SSSR count). The van der Waals surface area contributed by atoms with Crippen LogP contribution in [0.25, 0.3) is 0 Å². The Bertz CT molecular complexity index is 533. The largest absolute Gasteiger partial charge is 0.393 e. The Morgan fingerprint density at radius 2 is 2.11 bits per heavy atom. The summed E-state index contributed by atoms with van der Waals surface area (Å²) in [5.41, 5.74) is -1.57. The average Bonchev–Trinajstić information content (AvgIpc) is 2.30. The molecule has 3 N–H and O–H groups in total. The molecule has 18 heavy (non-hydrogen) atoms. The molecular formula is C10H13ClFNO4S. The highest BCUT2D eigenvalue weighted by molar-refractivity contribution is 7.89. The molecule has 0 heterocycles. The summed E-state index contributed by atoms with van der Waals surface area (Å²) < 4.78 is 38.5. The molecule has 0 spiro atoms. The van der Waals surface area contributed by atoms with Gasteiger partial charge >= 0.3 is 0 Å². The second-order valence-electron chi connectivity index (χ2n) is 4.06. The van der Waals surface area contributed by atoms with Crippen LogP contribution < -0.4 is 4.72 Å². The zero-order valence-corrected chi connectivity index (χ0v) is 11.1. The van der Waals surface area contributed by atoms with E-state index in [-0.39, 0.29) is 16.5 Å². The molecule has 1 unspecified atom stereocenters. The molecule has 0 radical (unpaired) electrons. The van der Waals surface area contributed by atoms with Crippen molar-refractivity contribution in [3.63, 3.8) is 0 Å². The summed E-state index contributed by atoms with van der Waals surface area (Å²) >= 11 is 5.48. The van der Waals surface area contributed by atoms with E-state index >= 15 is 0 Å². The van der Waals surface area contributed by atoms with E-state index in [0.717, 1.165) is 18.2 Å². The van der Waals surface area contributed by atoms with Crippen LogP contribution in [-0.4, -0.2) is 37.4 Å². The molecule has 102 valence electrons. The van der Waals surface area contributed by atoms with E-state index in [1.807, 2.05) is 0 Å². The van der Waals surface area contributed by atoms with E-state index in [0.29, 0.717) is 0 Å². The summed E-state index contributed by atoms with van der Waals surface area (Å²) in [5, 5.41) is 17.9. The number of benzene rings is 1. The van der Waals surface area contributed by atoms with Gasteiger partial charge in [0.1, 0.15) is 5.82 Å². The number of hydrogen-bond acceptors (Lipinski definition) is 4. The molecule has 8 heteroatoms. The number of sulfonamides is 1. The van der Waals surface area contributed by atoms with Crippen molar-refractivity contribution in [2.24, 2.45) is 0 Å². The molecule has 0 amide bonds. The van der Waals surface area contributed by atoms with Gasteiger partial charge in [-0.1, -0.05) is 11.6 Å². The standard InChI is InChI=1S/C10H13ClFNO4S/c1-10(15,6-14)5-13-18(16,17)7-2-3-9(12)8(11)4-7/h2-4,13-15H,5-6H2,1H3. The second kappa shape index (κ2) is 5.50. The van der Waals surface area contributed by atoms with Crippen LogP contribution in [0.3, 0.4) is 0 Å². The fourth-order valence-corrected chi connectivity index (χ4v) is 2.47. The van der Waals surface area contributed by atoms with Crippen molar-refractivity contribution in [3.05, 3.63) is 29.0 Å². The lowest BCUT2D eigenvalue weighted by molar-refractivity contribution is 0.00681. The zero-order chi connectivity index (χ0) is 14.0. The van der Waals surface area contributed by atoms with Crippen molar-refractivity contribution >= 4 is 21.6 Å². The van der Waals surface area contributed by atoms with Gasteiger partial charge in [-0.05, 0) is 25.1 Å². The van der Waals surface area contributed by atoms with Gasteiger partial charge in [-0.15, -0.1) is 0 Å². The van der Waals surface area contributed by atoms with Crippen molar-refractivity contribution in [1.82, 2.24) is 4.72 Å². The first-order valence-electron chi connectivity index (χ1n) is 4.96. The predicted octanol–water partition coefficient (Wildman–Crippen LogP) is 0.501. The normalized spacial score (nSPS) is 15.4. The van der Waals surface area contributed by atoms with E-state index in [2.05, 4.69) is 4.72 Å². The number of aliphatic hydroxyl groups excluding tert-OH is 1. The van der Waals surface area contributed by atoms with E-state index < -0.39 is 28.0 Å². The van der Waals surface area contributed by atoms with Crippen LogP contribution in [0, 0.1) is 5.82 Å². The van der Waals surface area contributed by atoms with Crippen LogP contribution in [0.15, 0.2) is 23.1 Å². The van der Waals surface area contributed by atoms with Gasteiger partial charge in [0.25, 0.3) is 0 Å². The Morgan fingerprint density at radius 1 is 1.50 bits per heavy atom. The highest BCUT2D eigenvalue weighted by atomic mass is 35.5. The zero-order valence-electron chi connectivity index (χ0n) is 9.52. The summed E-state index contributed by atoms with van der Waals surface area (Å²) in [6, 6.07) is 2.95. The van der Waals surface area contributed by atoms with E-state index in [1.165, 1.54) is 6.92 Å². The highest BCUT2D eigenvalue weighted by Gasteiger charge is 2.23. The van der Waals surface area contributed by atoms with Gasteiger partial charge in [-0.3, -0.25) is 0 Å². The average molecular weight is 298 g/mol. The fourth-order valence-electron chi connectivity index (χ4n) is 1.03. The number of aliphatic hydroxyl groups is 2. The highest BCUT2D eigenvalue weighted by Crippen LogP contribution is 2.19. The smallest absolute Gasteiger partial charge is 0.240 e. The summed E-state index contributed by atoms with van der Waals surface area (Å²) in [4.78, 5) is -0.220. The van der Waals surface area contributed by atoms with Gasteiger partial charge in [0.15, 0.2) is 0 Å². The van der Waals surface area contributed by atoms with Gasteiger partial charge in [-0.25, -0.2) is 17.5 Å². The van der Waals surface area contributed by atoms with Crippen LogP contribution in [0.1, 0.15) is 6.92 Å². The maximum absolute atomic E-state index is 12.9. The molecule has 0 bridgehead atoms. The lowest BCUT2D eigenvalue weighted by atomic mass is 10.1. The van der Waals surface area contributed by atoms with Gasteiger partial charge < -0.3 is 10.2 Å². The third kappa shape index (κ3) is 3.89. The molecule has 1 atom stereocenters. The molecule has 5 nitrogen and oxygen atoms in total. The first-order chi connectivity index (χ1) is 8.18. The maximum atomic E-state index is 12.9. The quantitative estimate of drug-likeness (QED) is 0.739. The van der Waals surface area contributed by atoms with Crippen molar-refractivity contribution in [3.8, 4) is 0 Å². The Balaban J connectivity index is 2.90. The van der Waals surface area contributed by atoms with E-state index in [4.69, 9.17) is 16.7 Å². The second-order valence-corrected chi connectivity index (χ2v) is 6.23. The molecular weight excluding hydrogens is 285 g/mol. The van der Waals surface area contributed by atoms with Crippen LogP contribution in [0.2, 0.25) is 5.02 Å². The first-order valence-corrected chi connectivity index (χ1v) is 6.82. The lowest BCUT2D eigenvalue weighted by Gasteiger charge is -2.20. The Hall–Kier alpha value is -0.730. The van der Waals surface area contributed by atoms with Crippen molar-refractivity contribution in [2.45, 2.75) is 17.4 Å².